The van der Waals surface area contributed by atoms with Gasteiger partial charge in [0.1, 0.15) is 0 Å². The van der Waals surface area contributed by atoms with Crippen LogP contribution >= 0.6 is 11.3 Å². The number of likely N-dealkylation sites (tertiary alicyclic amines) is 1. The SMILES string of the molecule is CC(C)(C)N1CCCC1c1cc2ccccc2s1. The van der Waals surface area contributed by atoms with Crippen molar-refractivity contribution in [2.75, 3.05) is 6.54 Å². The molecular weight excluding hydrogens is 238 g/mol. The molecule has 2 heterocycles. The first-order valence-corrected chi connectivity index (χ1v) is 7.62. The van der Waals surface area contributed by atoms with Gasteiger partial charge in [0.05, 0.1) is 0 Å². The minimum atomic E-state index is 0.275. The van der Waals surface area contributed by atoms with Crippen LogP contribution in [0.4, 0.5) is 0 Å². The van der Waals surface area contributed by atoms with Crippen molar-refractivity contribution >= 4 is 21.4 Å². The zero-order valence-corrected chi connectivity index (χ0v) is 12.3. The highest BCUT2D eigenvalue weighted by Gasteiger charge is 2.34. The van der Waals surface area contributed by atoms with Crippen LogP contribution in [-0.2, 0) is 0 Å². The number of nitrogens with zero attached hydrogens (tertiary/aromatic N) is 1. The average molecular weight is 259 g/mol. The summed E-state index contributed by atoms with van der Waals surface area (Å²) in [4.78, 5) is 4.21. The summed E-state index contributed by atoms with van der Waals surface area (Å²) in [7, 11) is 0. The van der Waals surface area contributed by atoms with Crippen molar-refractivity contribution in [3.05, 3.63) is 35.2 Å². The summed E-state index contributed by atoms with van der Waals surface area (Å²) in [5.74, 6) is 0. The van der Waals surface area contributed by atoms with Crippen molar-refractivity contribution in [1.29, 1.82) is 0 Å². The van der Waals surface area contributed by atoms with Crippen LogP contribution in [0.2, 0.25) is 0 Å². The normalized spacial score (nSPS) is 21.8. The van der Waals surface area contributed by atoms with Crippen molar-refractivity contribution in [3.8, 4) is 0 Å². The van der Waals surface area contributed by atoms with Gasteiger partial charge >= 0.3 is 0 Å². The smallest absolute Gasteiger partial charge is 0.0447 e. The Morgan fingerprint density at radius 2 is 2.00 bits per heavy atom. The lowest BCUT2D eigenvalue weighted by molar-refractivity contribution is 0.123. The number of hydrogen-bond acceptors (Lipinski definition) is 2. The third-order valence-electron chi connectivity index (χ3n) is 3.89. The monoisotopic (exact) mass is 259 g/mol. The third kappa shape index (κ3) is 2.08. The Labute approximate surface area is 113 Å². The molecule has 2 heteroatoms. The Balaban J connectivity index is 1.98. The van der Waals surface area contributed by atoms with Gasteiger partial charge in [-0.15, -0.1) is 11.3 Å². The summed E-state index contributed by atoms with van der Waals surface area (Å²) < 4.78 is 1.42. The minimum Gasteiger partial charge on any atom is -0.291 e. The first-order valence-electron chi connectivity index (χ1n) is 6.81. The summed E-state index contributed by atoms with van der Waals surface area (Å²) in [5.41, 5.74) is 0.275. The van der Waals surface area contributed by atoms with Crippen LogP contribution in [0.25, 0.3) is 10.1 Å². The molecule has 1 saturated heterocycles. The second-order valence-electron chi connectivity index (χ2n) is 6.21. The Morgan fingerprint density at radius 1 is 1.22 bits per heavy atom. The molecule has 1 atom stereocenters. The van der Waals surface area contributed by atoms with Gasteiger partial charge in [0.25, 0.3) is 0 Å². The average Bonchev–Trinajstić information content (AvgIpc) is 2.94. The van der Waals surface area contributed by atoms with Gasteiger partial charge in [0.15, 0.2) is 0 Å². The largest absolute Gasteiger partial charge is 0.291 e. The maximum atomic E-state index is 2.66. The van der Waals surface area contributed by atoms with Gasteiger partial charge in [-0.05, 0) is 57.7 Å². The zero-order chi connectivity index (χ0) is 12.8. The van der Waals surface area contributed by atoms with Crippen LogP contribution in [0.15, 0.2) is 30.3 Å². The van der Waals surface area contributed by atoms with Gasteiger partial charge < -0.3 is 0 Å². The second kappa shape index (κ2) is 4.36. The fraction of sp³-hybridized carbons (Fsp3) is 0.500. The second-order valence-corrected chi connectivity index (χ2v) is 7.32. The molecule has 1 aliphatic heterocycles. The molecule has 1 aliphatic rings. The van der Waals surface area contributed by atoms with Gasteiger partial charge in [-0.25, -0.2) is 0 Å². The van der Waals surface area contributed by atoms with Gasteiger partial charge in [0, 0.05) is 21.2 Å². The van der Waals surface area contributed by atoms with Crippen LogP contribution in [0.1, 0.15) is 44.5 Å². The third-order valence-corrected chi connectivity index (χ3v) is 5.10. The van der Waals surface area contributed by atoms with Crippen molar-refractivity contribution in [2.24, 2.45) is 0 Å². The molecular formula is C16H21NS. The maximum Gasteiger partial charge on any atom is 0.0447 e. The highest BCUT2D eigenvalue weighted by molar-refractivity contribution is 7.19. The molecule has 3 rings (SSSR count). The molecule has 0 amide bonds. The van der Waals surface area contributed by atoms with E-state index in [2.05, 4.69) is 56.0 Å². The van der Waals surface area contributed by atoms with E-state index in [4.69, 9.17) is 0 Å². The predicted molar refractivity (Wildman–Crippen MR) is 80.3 cm³/mol. The molecule has 1 aromatic heterocycles. The Morgan fingerprint density at radius 3 is 2.72 bits per heavy atom. The molecule has 0 radical (unpaired) electrons. The standard InChI is InChI=1S/C16H21NS/c1-16(2,3)17-10-6-8-13(17)15-11-12-7-4-5-9-14(12)18-15/h4-5,7,9,11,13H,6,8,10H2,1-3H3. The fourth-order valence-electron chi connectivity index (χ4n) is 3.03. The molecule has 1 aromatic carbocycles. The molecule has 2 aromatic rings. The molecule has 1 nitrogen and oxygen atoms in total. The summed E-state index contributed by atoms with van der Waals surface area (Å²) >= 11 is 1.97. The molecule has 18 heavy (non-hydrogen) atoms. The van der Waals surface area contributed by atoms with E-state index in [1.165, 1.54) is 29.5 Å². The number of thiophene rings is 1. The Hall–Kier alpha value is -0.860. The first kappa shape index (κ1) is 12.2. The van der Waals surface area contributed by atoms with Crippen LogP contribution < -0.4 is 0 Å². The number of rotatable bonds is 1. The zero-order valence-electron chi connectivity index (χ0n) is 11.4. The minimum absolute atomic E-state index is 0.275. The van der Waals surface area contributed by atoms with E-state index < -0.39 is 0 Å². The van der Waals surface area contributed by atoms with Gasteiger partial charge in [0.2, 0.25) is 0 Å². The topological polar surface area (TPSA) is 3.24 Å². The van der Waals surface area contributed by atoms with Crippen LogP contribution in [-0.4, -0.2) is 17.0 Å². The van der Waals surface area contributed by atoms with Crippen molar-refractivity contribution in [3.63, 3.8) is 0 Å². The highest BCUT2D eigenvalue weighted by Crippen LogP contribution is 2.41. The van der Waals surface area contributed by atoms with Crippen LogP contribution in [0.3, 0.4) is 0 Å². The summed E-state index contributed by atoms with van der Waals surface area (Å²) in [6.07, 6.45) is 2.64. The fourth-order valence-corrected chi connectivity index (χ4v) is 4.24. The molecule has 1 fully saturated rings. The van der Waals surface area contributed by atoms with Gasteiger partial charge in [-0.3, -0.25) is 4.90 Å². The summed E-state index contributed by atoms with van der Waals surface area (Å²) in [6.45, 7) is 8.23. The quantitative estimate of drug-likeness (QED) is 0.708. The van der Waals surface area contributed by atoms with E-state index in [0.717, 1.165) is 0 Å². The molecule has 0 N–H and O–H groups in total. The van der Waals surface area contributed by atoms with Crippen LogP contribution in [0, 0.1) is 0 Å². The molecule has 0 spiro atoms. The van der Waals surface area contributed by atoms with Gasteiger partial charge in [-0.2, -0.15) is 0 Å². The molecule has 0 saturated carbocycles. The number of hydrogen-bond donors (Lipinski definition) is 0. The molecule has 1 unspecified atom stereocenters. The summed E-state index contributed by atoms with van der Waals surface area (Å²) in [5, 5.41) is 1.40. The van der Waals surface area contributed by atoms with E-state index in [-0.39, 0.29) is 5.54 Å². The predicted octanol–water partition coefficient (Wildman–Crippen LogP) is 4.84. The van der Waals surface area contributed by atoms with E-state index in [9.17, 15) is 0 Å². The van der Waals surface area contributed by atoms with Gasteiger partial charge in [-0.1, -0.05) is 18.2 Å². The highest BCUT2D eigenvalue weighted by atomic mass is 32.1. The van der Waals surface area contributed by atoms with Crippen molar-refractivity contribution in [1.82, 2.24) is 4.90 Å². The number of fused-ring (bicyclic) bond motifs is 1. The van der Waals surface area contributed by atoms with E-state index in [1.54, 1.807) is 4.88 Å². The first-order chi connectivity index (χ1) is 8.55. The Kier molecular flexibility index (Phi) is 2.95. The molecule has 96 valence electrons. The van der Waals surface area contributed by atoms with E-state index >= 15 is 0 Å². The van der Waals surface area contributed by atoms with E-state index in [1.807, 2.05) is 11.3 Å². The maximum absolute atomic E-state index is 2.66. The molecule has 0 aliphatic carbocycles. The summed E-state index contributed by atoms with van der Waals surface area (Å²) in [6, 6.07) is 11.8. The Bertz CT molecular complexity index is 516. The van der Waals surface area contributed by atoms with Crippen LogP contribution in [0.5, 0.6) is 0 Å². The van der Waals surface area contributed by atoms with E-state index in [0.29, 0.717) is 6.04 Å². The van der Waals surface area contributed by atoms with Crippen molar-refractivity contribution in [2.45, 2.75) is 45.2 Å². The van der Waals surface area contributed by atoms with Crippen molar-refractivity contribution < 1.29 is 0 Å². The lowest BCUT2D eigenvalue weighted by Crippen LogP contribution is -2.40. The lowest BCUT2D eigenvalue weighted by Gasteiger charge is -2.36. The number of benzene rings is 1. The lowest BCUT2D eigenvalue weighted by atomic mass is 10.0. The molecule has 0 bridgehead atoms.